The molecular weight excluding hydrogens is 358 g/mol. The third-order valence-electron chi connectivity index (χ3n) is 5.56. The smallest absolute Gasteiger partial charge is 0.0977 e. The second-order valence-corrected chi connectivity index (χ2v) is 7.69. The maximum absolute atomic E-state index is 6.04. The van der Waals surface area contributed by atoms with Crippen LogP contribution >= 0.6 is 0 Å². The van der Waals surface area contributed by atoms with Crippen LogP contribution in [0.2, 0.25) is 0 Å². The number of benzene rings is 1. The van der Waals surface area contributed by atoms with E-state index in [1.165, 1.54) is 11.1 Å². The number of hydrogen-bond donors (Lipinski definition) is 2. The van der Waals surface area contributed by atoms with E-state index >= 15 is 0 Å². The number of aromatic nitrogens is 4. The third-order valence-corrected chi connectivity index (χ3v) is 5.56. The maximum Gasteiger partial charge on any atom is 0.0977 e. The van der Waals surface area contributed by atoms with Gasteiger partial charge in [0, 0.05) is 28.9 Å². The van der Waals surface area contributed by atoms with Crippen molar-refractivity contribution in [1.82, 2.24) is 19.9 Å². The van der Waals surface area contributed by atoms with Crippen LogP contribution < -0.4 is 5.73 Å². The summed E-state index contributed by atoms with van der Waals surface area (Å²) in [5.41, 5.74) is 14.3. The van der Waals surface area contributed by atoms with E-state index in [0.717, 1.165) is 58.5 Å². The molecule has 3 heterocycles. The molecule has 1 aliphatic rings. The van der Waals surface area contributed by atoms with Crippen LogP contribution in [-0.4, -0.2) is 26.0 Å². The fourth-order valence-electron chi connectivity index (χ4n) is 3.96. The third kappa shape index (κ3) is 3.45. The number of aryl methyl sites for hydroxylation is 1. The van der Waals surface area contributed by atoms with E-state index in [-0.39, 0.29) is 6.04 Å². The zero-order valence-corrected chi connectivity index (χ0v) is 16.4. The Bertz CT molecular complexity index is 1220. The number of pyridine rings is 2. The lowest BCUT2D eigenvalue weighted by atomic mass is 9.91. The van der Waals surface area contributed by atoms with Gasteiger partial charge in [0.2, 0.25) is 0 Å². The van der Waals surface area contributed by atoms with E-state index in [4.69, 9.17) is 5.73 Å². The van der Waals surface area contributed by atoms with Crippen molar-refractivity contribution in [2.45, 2.75) is 32.2 Å². The number of nitrogens with zero attached hydrogens (tertiary/aromatic N) is 3. The van der Waals surface area contributed by atoms with E-state index in [9.17, 15) is 0 Å². The zero-order valence-electron chi connectivity index (χ0n) is 16.4. The molecule has 1 aromatic carbocycles. The van der Waals surface area contributed by atoms with Gasteiger partial charge in [-0.3, -0.25) is 9.97 Å². The lowest BCUT2D eigenvalue weighted by Crippen LogP contribution is -2.21. The number of nitrogens with two attached hydrogens (primary N) is 1. The number of hydrogen-bond acceptors (Lipinski definition) is 4. The van der Waals surface area contributed by atoms with Crippen molar-refractivity contribution < 1.29 is 0 Å². The monoisotopic (exact) mass is 381 g/mol. The first kappa shape index (κ1) is 17.8. The number of fused-ring (bicyclic) bond motifs is 1. The molecule has 0 aliphatic heterocycles. The molecule has 1 unspecified atom stereocenters. The molecule has 0 saturated carbocycles. The number of imidazole rings is 1. The molecule has 3 aromatic heterocycles. The van der Waals surface area contributed by atoms with Crippen LogP contribution in [0.1, 0.15) is 30.5 Å². The van der Waals surface area contributed by atoms with E-state index in [1.807, 2.05) is 31.3 Å². The second kappa shape index (κ2) is 7.26. The van der Waals surface area contributed by atoms with Gasteiger partial charge in [-0.15, -0.1) is 0 Å². The quantitative estimate of drug-likeness (QED) is 0.529. The lowest BCUT2D eigenvalue weighted by molar-refractivity contribution is 0.614. The molecule has 5 rings (SSSR count). The number of nitrogens with one attached hydrogen (secondary N) is 1. The van der Waals surface area contributed by atoms with Crippen molar-refractivity contribution in [2.75, 3.05) is 0 Å². The fraction of sp³-hybridized carbons (Fsp3) is 0.208. The van der Waals surface area contributed by atoms with E-state index in [1.54, 1.807) is 6.33 Å². The minimum Gasteiger partial charge on any atom is -0.343 e. The molecule has 5 heteroatoms. The minimum absolute atomic E-state index is 0.284. The summed E-state index contributed by atoms with van der Waals surface area (Å²) in [5.74, 6) is 0. The highest BCUT2D eigenvalue weighted by Gasteiger charge is 2.15. The Hall–Kier alpha value is -3.31. The highest BCUT2D eigenvalue weighted by atomic mass is 14.9. The SMILES string of the molecule is Cc1cccc(-c2[nH]cnc2-c2ccc3ncc(C4=CCC(N)CC4)cc3c2)n1. The van der Waals surface area contributed by atoms with Crippen LogP contribution in [0, 0.1) is 6.92 Å². The van der Waals surface area contributed by atoms with Gasteiger partial charge in [-0.25, -0.2) is 4.98 Å². The van der Waals surface area contributed by atoms with Crippen LogP contribution in [0.3, 0.4) is 0 Å². The van der Waals surface area contributed by atoms with Crippen molar-refractivity contribution in [3.05, 3.63) is 72.3 Å². The molecule has 0 bridgehead atoms. The summed E-state index contributed by atoms with van der Waals surface area (Å²) < 4.78 is 0. The van der Waals surface area contributed by atoms with Gasteiger partial charge in [0.05, 0.1) is 28.9 Å². The first-order valence-electron chi connectivity index (χ1n) is 10.00. The Morgan fingerprint density at radius 2 is 1.97 bits per heavy atom. The molecule has 29 heavy (non-hydrogen) atoms. The Labute approximate surface area is 169 Å². The predicted octanol–water partition coefficient (Wildman–Crippen LogP) is 4.89. The lowest BCUT2D eigenvalue weighted by Gasteiger charge is -2.18. The Balaban J connectivity index is 1.56. The Morgan fingerprint density at radius 1 is 1.07 bits per heavy atom. The Morgan fingerprint density at radius 3 is 2.79 bits per heavy atom. The Kier molecular flexibility index (Phi) is 4.45. The van der Waals surface area contributed by atoms with E-state index in [0.29, 0.717) is 0 Å². The van der Waals surface area contributed by atoms with Crippen LogP contribution in [-0.2, 0) is 0 Å². The predicted molar refractivity (Wildman–Crippen MR) is 117 cm³/mol. The van der Waals surface area contributed by atoms with Crippen molar-refractivity contribution in [3.63, 3.8) is 0 Å². The summed E-state index contributed by atoms with van der Waals surface area (Å²) in [6.07, 6.45) is 8.94. The molecule has 4 aromatic rings. The fourth-order valence-corrected chi connectivity index (χ4v) is 3.96. The van der Waals surface area contributed by atoms with Crippen molar-refractivity contribution in [1.29, 1.82) is 0 Å². The van der Waals surface area contributed by atoms with Crippen LogP contribution in [0.15, 0.2) is 61.1 Å². The van der Waals surface area contributed by atoms with Gasteiger partial charge in [-0.2, -0.15) is 0 Å². The molecule has 0 radical (unpaired) electrons. The number of allylic oxidation sites excluding steroid dienone is 1. The molecule has 0 amide bonds. The topological polar surface area (TPSA) is 80.5 Å². The molecule has 0 saturated heterocycles. The maximum atomic E-state index is 6.04. The summed E-state index contributed by atoms with van der Waals surface area (Å²) >= 11 is 0. The van der Waals surface area contributed by atoms with Gasteiger partial charge in [0.1, 0.15) is 0 Å². The highest BCUT2D eigenvalue weighted by Crippen LogP contribution is 2.32. The van der Waals surface area contributed by atoms with Gasteiger partial charge in [-0.1, -0.05) is 18.2 Å². The van der Waals surface area contributed by atoms with Gasteiger partial charge < -0.3 is 10.7 Å². The molecule has 0 fully saturated rings. The minimum atomic E-state index is 0.284. The molecule has 1 aliphatic carbocycles. The van der Waals surface area contributed by atoms with E-state index < -0.39 is 0 Å². The van der Waals surface area contributed by atoms with Crippen LogP contribution in [0.25, 0.3) is 39.1 Å². The van der Waals surface area contributed by atoms with Crippen LogP contribution in [0.4, 0.5) is 0 Å². The van der Waals surface area contributed by atoms with Crippen molar-refractivity contribution >= 4 is 16.5 Å². The summed E-state index contributed by atoms with van der Waals surface area (Å²) in [6, 6.07) is 14.8. The molecule has 0 spiro atoms. The van der Waals surface area contributed by atoms with Gasteiger partial charge >= 0.3 is 0 Å². The summed E-state index contributed by atoms with van der Waals surface area (Å²) in [4.78, 5) is 17.2. The molecule has 1 atom stereocenters. The molecule has 5 nitrogen and oxygen atoms in total. The first-order chi connectivity index (χ1) is 14.2. The second-order valence-electron chi connectivity index (χ2n) is 7.69. The number of aromatic amines is 1. The standard InChI is InChI=1S/C24H23N5/c1-15-3-2-4-22(29-15)24-23(27-14-28-24)17-7-10-21-18(11-17)12-19(13-26-21)16-5-8-20(25)9-6-16/h2-5,7,10-14,20H,6,8-9,25H2,1H3,(H,27,28). The van der Waals surface area contributed by atoms with Crippen LogP contribution in [0.5, 0.6) is 0 Å². The number of H-pyrrole nitrogens is 1. The zero-order chi connectivity index (χ0) is 19.8. The summed E-state index contributed by atoms with van der Waals surface area (Å²) in [7, 11) is 0. The number of rotatable bonds is 3. The van der Waals surface area contributed by atoms with Gasteiger partial charge in [0.25, 0.3) is 0 Å². The molecule has 3 N–H and O–H groups in total. The summed E-state index contributed by atoms with van der Waals surface area (Å²) in [6.45, 7) is 2.00. The normalized spacial score (nSPS) is 16.8. The van der Waals surface area contributed by atoms with Gasteiger partial charge in [0.15, 0.2) is 0 Å². The average molecular weight is 381 g/mol. The summed E-state index contributed by atoms with van der Waals surface area (Å²) in [5, 5.41) is 1.11. The molecule has 144 valence electrons. The van der Waals surface area contributed by atoms with E-state index in [2.05, 4.69) is 50.3 Å². The molecular formula is C24H23N5. The van der Waals surface area contributed by atoms with Crippen molar-refractivity contribution in [3.8, 4) is 22.6 Å². The largest absolute Gasteiger partial charge is 0.343 e. The average Bonchev–Trinajstić information content (AvgIpc) is 3.23. The highest BCUT2D eigenvalue weighted by molar-refractivity contribution is 5.88. The van der Waals surface area contributed by atoms with Crippen molar-refractivity contribution in [2.24, 2.45) is 5.73 Å². The first-order valence-corrected chi connectivity index (χ1v) is 10.00. The van der Waals surface area contributed by atoms with Gasteiger partial charge in [-0.05, 0) is 67.7 Å².